The van der Waals surface area contributed by atoms with E-state index in [9.17, 15) is 4.79 Å². The molecule has 32 heavy (non-hydrogen) atoms. The van der Waals surface area contributed by atoms with Crippen LogP contribution in [-0.2, 0) is 11.2 Å². The zero-order chi connectivity index (χ0) is 22.4. The zero-order valence-electron chi connectivity index (χ0n) is 17.1. The lowest BCUT2D eigenvalue weighted by molar-refractivity contribution is -0.115. The van der Waals surface area contributed by atoms with Crippen LogP contribution in [0.4, 0.5) is 11.4 Å². The smallest absolute Gasteiger partial charge is 0.285 e. The highest BCUT2D eigenvalue weighted by molar-refractivity contribution is 7.16. The van der Waals surface area contributed by atoms with Crippen LogP contribution in [-0.4, -0.2) is 18.2 Å². The predicted octanol–water partition coefficient (Wildman–Crippen LogP) is 6.36. The Hall–Kier alpha value is -2.25. The van der Waals surface area contributed by atoms with Crippen LogP contribution < -0.4 is 15.4 Å². The van der Waals surface area contributed by atoms with Crippen LogP contribution in [0.5, 0.6) is 0 Å². The van der Waals surface area contributed by atoms with E-state index in [1.807, 2.05) is 48.3 Å². The first kappa shape index (κ1) is 21.6. The number of carbonyl (C=O) groups excluding carboxylic acids is 1. The molecule has 5 rings (SSSR count). The highest BCUT2D eigenvalue weighted by atomic mass is 35.5. The maximum atomic E-state index is 13.3. The summed E-state index contributed by atoms with van der Waals surface area (Å²) in [6, 6.07) is 17.0. The summed E-state index contributed by atoms with van der Waals surface area (Å²) < 4.78 is 0.681. The van der Waals surface area contributed by atoms with E-state index in [-0.39, 0.29) is 17.9 Å². The molecule has 3 heterocycles. The number of rotatable bonds is 4. The van der Waals surface area contributed by atoms with Crippen LogP contribution in [0, 0.1) is 5.92 Å². The van der Waals surface area contributed by atoms with Gasteiger partial charge < -0.3 is 0 Å². The third kappa shape index (κ3) is 3.86. The number of anilines is 2. The Labute approximate surface area is 205 Å². The lowest BCUT2D eigenvalue weighted by Gasteiger charge is -2.26. The molecule has 0 fully saturated rings. The molecule has 0 aliphatic carbocycles. The lowest BCUT2D eigenvalue weighted by Crippen LogP contribution is -2.45. The summed E-state index contributed by atoms with van der Waals surface area (Å²) in [4.78, 5) is 14.3. The quantitative estimate of drug-likeness (QED) is 0.449. The van der Waals surface area contributed by atoms with Gasteiger partial charge in [0.05, 0.1) is 26.8 Å². The molecule has 5 nitrogen and oxygen atoms in total. The second kappa shape index (κ2) is 8.60. The Balaban J connectivity index is 1.48. The normalized spacial score (nSPS) is 19.8. The average Bonchev–Trinajstić information content (AvgIpc) is 3.45. The number of hydrazine groups is 1. The molecule has 1 amide bonds. The summed E-state index contributed by atoms with van der Waals surface area (Å²) in [5.74, 6) is -0.413. The monoisotopic (exact) mass is 504 g/mol. The van der Waals surface area contributed by atoms with Crippen LogP contribution in [0.2, 0.25) is 14.4 Å². The van der Waals surface area contributed by atoms with Gasteiger partial charge in [-0.3, -0.25) is 20.2 Å². The first-order valence-electron chi connectivity index (χ1n) is 10.2. The lowest BCUT2D eigenvalue weighted by atomic mass is 9.95. The molecule has 164 valence electrons. The van der Waals surface area contributed by atoms with Crippen molar-refractivity contribution < 1.29 is 4.79 Å². The molecule has 9 heteroatoms. The number of carbonyl (C=O) groups is 1. The first-order valence-corrected chi connectivity index (χ1v) is 12.1. The van der Waals surface area contributed by atoms with Crippen molar-refractivity contribution in [1.82, 2.24) is 5.43 Å². The van der Waals surface area contributed by atoms with Gasteiger partial charge in [-0.1, -0.05) is 59.9 Å². The van der Waals surface area contributed by atoms with E-state index in [2.05, 4.69) is 11.5 Å². The maximum absolute atomic E-state index is 13.3. The summed E-state index contributed by atoms with van der Waals surface area (Å²) in [5, 5.41) is 9.44. The highest BCUT2D eigenvalue weighted by Gasteiger charge is 2.41. The number of nitrogens with one attached hydrogen (secondary N) is 1. The van der Waals surface area contributed by atoms with Crippen LogP contribution in [0.15, 0.2) is 59.7 Å². The molecule has 0 saturated carbocycles. The number of hydrazone groups is 1. The molecular weight excluding hydrogens is 487 g/mol. The first-order chi connectivity index (χ1) is 15.4. The average molecular weight is 506 g/mol. The third-order valence-corrected chi connectivity index (χ3v) is 7.62. The summed E-state index contributed by atoms with van der Waals surface area (Å²) in [7, 11) is 0. The molecule has 0 bridgehead atoms. The van der Waals surface area contributed by atoms with E-state index in [1.54, 1.807) is 17.1 Å². The van der Waals surface area contributed by atoms with Gasteiger partial charge >= 0.3 is 0 Å². The third-order valence-electron chi connectivity index (χ3n) is 5.78. The van der Waals surface area contributed by atoms with E-state index in [1.165, 1.54) is 16.9 Å². The van der Waals surface area contributed by atoms with Crippen LogP contribution in [0.3, 0.4) is 0 Å². The van der Waals surface area contributed by atoms with Gasteiger partial charge in [0.15, 0.2) is 0 Å². The van der Waals surface area contributed by atoms with E-state index < -0.39 is 0 Å². The predicted molar refractivity (Wildman–Crippen MR) is 133 cm³/mol. The minimum Gasteiger partial charge on any atom is -0.285 e. The van der Waals surface area contributed by atoms with E-state index in [4.69, 9.17) is 39.9 Å². The second-order valence-electron chi connectivity index (χ2n) is 7.77. The topological polar surface area (TPSA) is 47.9 Å². The molecular formula is C23H19Cl3N4OS. The summed E-state index contributed by atoms with van der Waals surface area (Å²) >= 11 is 20.3. The number of fused-ring (bicyclic) bond motifs is 1. The molecule has 0 radical (unpaired) electrons. The standard InChI is InChI=1S/C23H19Cl3N4OS/c1-13-21(23(31)28-29-11-10-14-4-2-3-5-17(14)29)27-30(18-7-6-15(24)12-16(18)25)22(13)19-8-9-20(26)32-19/h2-9,12-13,22H,10-11H2,1H3,(H,28,31)/t13-,22-/m1/s1. The van der Waals surface area contributed by atoms with Crippen molar-refractivity contribution in [3.8, 4) is 0 Å². The van der Waals surface area contributed by atoms with Crippen LogP contribution in [0.25, 0.3) is 0 Å². The molecule has 2 aromatic carbocycles. The van der Waals surface area contributed by atoms with Crippen molar-refractivity contribution >= 4 is 69.1 Å². The molecule has 2 aliphatic rings. The molecule has 2 atom stereocenters. The summed E-state index contributed by atoms with van der Waals surface area (Å²) in [6.45, 7) is 2.72. The minimum absolute atomic E-state index is 0.186. The van der Waals surface area contributed by atoms with Crippen molar-refractivity contribution in [2.24, 2.45) is 11.0 Å². The van der Waals surface area contributed by atoms with Gasteiger partial charge in [0.2, 0.25) is 0 Å². The molecule has 2 aliphatic heterocycles. The van der Waals surface area contributed by atoms with E-state index >= 15 is 0 Å². The van der Waals surface area contributed by atoms with Gasteiger partial charge in [0.25, 0.3) is 5.91 Å². The number of amides is 1. The van der Waals surface area contributed by atoms with E-state index in [0.717, 1.165) is 23.5 Å². The fraction of sp³-hybridized carbons (Fsp3) is 0.217. The highest BCUT2D eigenvalue weighted by Crippen LogP contribution is 2.44. The Morgan fingerprint density at radius 3 is 2.66 bits per heavy atom. The Morgan fingerprint density at radius 2 is 1.91 bits per heavy atom. The second-order valence-corrected chi connectivity index (χ2v) is 10.4. The van der Waals surface area contributed by atoms with Crippen molar-refractivity contribution in [2.75, 3.05) is 16.6 Å². The number of thiophene rings is 1. The molecule has 0 saturated heterocycles. The molecule has 0 unspecified atom stereocenters. The van der Waals surface area contributed by atoms with Crippen molar-refractivity contribution in [3.05, 3.63) is 79.4 Å². The Morgan fingerprint density at radius 1 is 1.09 bits per heavy atom. The number of para-hydroxylation sites is 1. The van der Waals surface area contributed by atoms with E-state index in [0.29, 0.717) is 25.8 Å². The largest absolute Gasteiger partial charge is 0.286 e. The van der Waals surface area contributed by atoms with Gasteiger partial charge in [-0.05, 0) is 48.4 Å². The number of nitrogens with zero attached hydrogens (tertiary/aromatic N) is 3. The minimum atomic E-state index is -0.227. The van der Waals surface area contributed by atoms with Crippen molar-refractivity contribution in [3.63, 3.8) is 0 Å². The summed E-state index contributed by atoms with van der Waals surface area (Å²) in [6.07, 6.45) is 0.890. The SMILES string of the molecule is C[C@@H]1C(C(=O)NN2CCc3ccccc32)=NN(c2ccc(Cl)cc2Cl)[C@H]1c1ccc(Cl)s1. The Kier molecular flexibility index (Phi) is 5.80. The van der Waals surface area contributed by atoms with Gasteiger partial charge in [-0.15, -0.1) is 11.3 Å². The fourth-order valence-corrected chi connectivity index (χ4v) is 5.99. The fourth-order valence-electron chi connectivity index (χ4n) is 4.24. The van der Waals surface area contributed by atoms with Crippen molar-refractivity contribution in [1.29, 1.82) is 0 Å². The number of hydrogen-bond donors (Lipinski definition) is 1. The number of halogens is 3. The molecule has 0 spiro atoms. The van der Waals surface area contributed by atoms with Crippen LogP contribution in [0.1, 0.15) is 23.4 Å². The maximum Gasteiger partial charge on any atom is 0.286 e. The number of benzene rings is 2. The summed E-state index contributed by atoms with van der Waals surface area (Å²) in [5.41, 5.74) is 6.40. The molecule has 1 aromatic heterocycles. The van der Waals surface area contributed by atoms with Gasteiger partial charge in [0, 0.05) is 22.4 Å². The van der Waals surface area contributed by atoms with Gasteiger partial charge in [0.1, 0.15) is 5.71 Å². The number of hydrogen-bond acceptors (Lipinski definition) is 5. The zero-order valence-corrected chi connectivity index (χ0v) is 20.1. The Bertz CT molecular complexity index is 1230. The van der Waals surface area contributed by atoms with Crippen LogP contribution >= 0.6 is 46.1 Å². The van der Waals surface area contributed by atoms with Gasteiger partial charge in [-0.25, -0.2) is 0 Å². The van der Waals surface area contributed by atoms with Gasteiger partial charge in [-0.2, -0.15) is 5.10 Å². The molecule has 3 aromatic rings. The van der Waals surface area contributed by atoms with Crippen molar-refractivity contribution in [2.45, 2.75) is 19.4 Å². The molecule has 1 N–H and O–H groups in total.